The highest BCUT2D eigenvalue weighted by molar-refractivity contribution is 7.89. The molecule has 10 heteroatoms. The third-order valence-electron chi connectivity index (χ3n) is 5.78. The molecule has 2 atom stereocenters. The van der Waals surface area contributed by atoms with Crippen LogP contribution in [0.25, 0.3) is 10.9 Å². The SMILES string of the molecule is CCN(Cc1nc2ccccc2c(=O)[nH]1)C(=O)c1cccc(S(=O)(=O)N2C[C@H](C)O[C@@H](C)C2)c1. The van der Waals surface area contributed by atoms with E-state index < -0.39 is 10.0 Å². The van der Waals surface area contributed by atoms with E-state index in [1.807, 2.05) is 20.8 Å². The summed E-state index contributed by atoms with van der Waals surface area (Å²) in [6, 6.07) is 13.0. The molecule has 0 unspecified atom stereocenters. The molecule has 1 amide bonds. The average molecular weight is 485 g/mol. The highest BCUT2D eigenvalue weighted by Gasteiger charge is 2.32. The lowest BCUT2D eigenvalue weighted by molar-refractivity contribution is -0.0440. The Morgan fingerprint density at radius 1 is 1.15 bits per heavy atom. The van der Waals surface area contributed by atoms with Gasteiger partial charge in [-0.2, -0.15) is 4.31 Å². The smallest absolute Gasteiger partial charge is 0.258 e. The van der Waals surface area contributed by atoms with Crippen LogP contribution in [0, 0.1) is 0 Å². The number of nitrogens with zero attached hydrogens (tertiary/aromatic N) is 3. The van der Waals surface area contributed by atoms with E-state index in [1.165, 1.54) is 21.3 Å². The molecular formula is C24H28N4O5S. The van der Waals surface area contributed by atoms with E-state index in [9.17, 15) is 18.0 Å². The Hall–Kier alpha value is -3.08. The van der Waals surface area contributed by atoms with Crippen molar-refractivity contribution in [2.24, 2.45) is 0 Å². The molecule has 1 aromatic heterocycles. The molecule has 0 saturated carbocycles. The minimum atomic E-state index is -3.78. The number of hydrogen-bond donors (Lipinski definition) is 1. The topological polar surface area (TPSA) is 113 Å². The number of morpholine rings is 1. The van der Waals surface area contributed by atoms with E-state index in [0.29, 0.717) is 23.3 Å². The fourth-order valence-corrected chi connectivity index (χ4v) is 5.80. The minimum absolute atomic E-state index is 0.0629. The maximum atomic E-state index is 13.3. The van der Waals surface area contributed by atoms with Gasteiger partial charge in [-0.25, -0.2) is 13.4 Å². The zero-order valence-corrected chi connectivity index (χ0v) is 20.2. The second-order valence-corrected chi connectivity index (χ2v) is 10.4. The fourth-order valence-electron chi connectivity index (χ4n) is 4.17. The first-order chi connectivity index (χ1) is 16.2. The molecule has 3 aromatic rings. The molecule has 1 saturated heterocycles. The zero-order valence-electron chi connectivity index (χ0n) is 19.4. The summed E-state index contributed by atoms with van der Waals surface area (Å²) in [4.78, 5) is 34.4. The average Bonchev–Trinajstić information content (AvgIpc) is 2.81. The molecule has 1 aliphatic rings. The Balaban J connectivity index is 1.59. The van der Waals surface area contributed by atoms with Gasteiger partial charge in [0, 0.05) is 25.2 Å². The quantitative estimate of drug-likeness (QED) is 0.575. The number of aromatic nitrogens is 2. The van der Waals surface area contributed by atoms with E-state index >= 15 is 0 Å². The van der Waals surface area contributed by atoms with E-state index in [0.717, 1.165) is 0 Å². The van der Waals surface area contributed by atoms with Gasteiger partial charge in [-0.05, 0) is 51.1 Å². The van der Waals surface area contributed by atoms with Crippen LogP contribution in [0.3, 0.4) is 0 Å². The van der Waals surface area contributed by atoms with Crippen molar-refractivity contribution in [1.82, 2.24) is 19.2 Å². The Labute approximate surface area is 198 Å². The standard InChI is InChI=1S/C24H28N4O5S/c1-4-27(15-22-25-21-11-6-5-10-20(21)23(29)26-22)24(30)18-8-7-9-19(12-18)34(31,32)28-13-16(2)33-17(3)14-28/h5-12,16-17H,4,13-15H2,1-3H3,(H,25,26,29)/t16-,17-/m0/s1. The minimum Gasteiger partial charge on any atom is -0.373 e. The van der Waals surface area contributed by atoms with Gasteiger partial charge in [-0.15, -0.1) is 0 Å². The first-order valence-corrected chi connectivity index (χ1v) is 12.7. The van der Waals surface area contributed by atoms with Gasteiger partial charge in [0.15, 0.2) is 0 Å². The van der Waals surface area contributed by atoms with E-state index in [2.05, 4.69) is 9.97 Å². The second-order valence-electron chi connectivity index (χ2n) is 8.46. The van der Waals surface area contributed by atoms with Crippen molar-refractivity contribution in [3.63, 3.8) is 0 Å². The number of amides is 1. The van der Waals surface area contributed by atoms with Crippen LogP contribution in [-0.2, 0) is 21.3 Å². The van der Waals surface area contributed by atoms with Crippen molar-refractivity contribution in [2.45, 2.75) is 44.4 Å². The van der Waals surface area contributed by atoms with Gasteiger partial charge >= 0.3 is 0 Å². The third kappa shape index (κ3) is 4.89. The van der Waals surface area contributed by atoms with Gasteiger partial charge in [0.1, 0.15) is 5.82 Å². The van der Waals surface area contributed by atoms with Crippen molar-refractivity contribution in [3.05, 3.63) is 70.3 Å². The van der Waals surface area contributed by atoms with Gasteiger partial charge in [-0.3, -0.25) is 9.59 Å². The number of aromatic amines is 1. The summed E-state index contributed by atoms with van der Waals surface area (Å²) in [7, 11) is -3.78. The number of H-pyrrole nitrogens is 1. The largest absolute Gasteiger partial charge is 0.373 e. The molecule has 0 bridgehead atoms. The van der Waals surface area contributed by atoms with Crippen LogP contribution in [-0.4, -0.2) is 65.3 Å². The molecule has 4 rings (SSSR count). The summed E-state index contributed by atoms with van der Waals surface area (Å²) in [6.07, 6.45) is -0.425. The highest BCUT2D eigenvalue weighted by Crippen LogP contribution is 2.22. The molecule has 180 valence electrons. The Kier molecular flexibility index (Phi) is 6.83. The Morgan fingerprint density at radius 2 is 1.85 bits per heavy atom. The van der Waals surface area contributed by atoms with Crippen LogP contribution in [0.1, 0.15) is 37.0 Å². The molecule has 1 fully saturated rings. The number of carbonyl (C=O) groups is 1. The van der Waals surface area contributed by atoms with Crippen molar-refractivity contribution < 1.29 is 17.9 Å². The maximum Gasteiger partial charge on any atom is 0.258 e. The van der Waals surface area contributed by atoms with Gasteiger partial charge in [-0.1, -0.05) is 18.2 Å². The fraction of sp³-hybridized carbons (Fsp3) is 0.375. The van der Waals surface area contributed by atoms with Crippen molar-refractivity contribution in [1.29, 1.82) is 0 Å². The van der Waals surface area contributed by atoms with Crippen molar-refractivity contribution >= 4 is 26.8 Å². The first-order valence-electron chi connectivity index (χ1n) is 11.2. The lowest BCUT2D eigenvalue weighted by Gasteiger charge is -2.34. The predicted octanol–water partition coefficient (Wildman–Crippen LogP) is 2.38. The van der Waals surface area contributed by atoms with Crippen LogP contribution in [0.4, 0.5) is 0 Å². The molecule has 0 radical (unpaired) electrons. The number of nitrogens with one attached hydrogen (secondary N) is 1. The Morgan fingerprint density at radius 3 is 2.56 bits per heavy atom. The lowest BCUT2D eigenvalue weighted by atomic mass is 10.2. The molecule has 34 heavy (non-hydrogen) atoms. The predicted molar refractivity (Wildman–Crippen MR) is 128 cm³/mol. The summed E-state index contributed by atoms with van der Waals surface area (Å²) in [5, 5.41) is 0.477. The van der Waals surface area contributed by atoms with E-state index in [1.54, 1.807) is 36.4 Å². The Bertz CT molecular complexity index is 1360. The van der Waals surface area contributed by atoms with Crippen LogP contribution in [0.2, 0.25) is 0 Å². The number of hydrogen-bond acceptors (Lipinski definition) is 6. The molecule has 2 heterocycles. The van der Waals surface area contributed by atoms with Crippen molar-refractivity contribution in [3.8, 4) is 0 Å². The molecule has 0 aliphatic carbocycles. The van der Waals surface area contributed by atoms with Gasteiger partial charge in [0.05, 0.1) is 34.6 Å². The van der Waals surface area contributed by atoms with E-state index in [-0.39, 0.29) is 53.8 Å². The summed E-state index contributed by atoms with van der Waals surface area (Å²) < 4.78 is 33.5. The van der Waals surface area contributed by atoms with Gasteiger partial charge < -0.3 is 14.6 Å². The number of sulfonamides is 1. The molecule has 1 aliphatic heterocycles. The number of fused-ring (bicyclic) bond motifs is 1. The lowest BCUT2D eigenvalue weighted by Crippen LogP contribution is -2.48. The number of para-hydroxylation sites is 1. The second kappa shape index (κ2) is 9.65. The third-order valence-corrected chi connectivity index (χ3v) is 7.60. The van der Waals surface area contributed by atoms with Crippen molar-refractivity contribution in [2.75, 3.05) is 19.6 Å². The normalized spacial score (nSPS) is 19.3. The summed E-state index contributed by atoms with van der Waals surface area (Å²) >= 11 is 0. The number of ether oxygens (including phenoxy) is 1. The van der Waals surface area contributed by atoms with E-state index in [4.69, 9.17) is 4.74 Å². The first kappa shape index (κ1) is 24.1. The molecule has 2 aromatic carbocycles. The molecule has 1 N–H and O–H groups in total. The maximum absolute atomic E-state index is 13.3. The monoisotopic (exact) mass is 484 g/mol. The molecule has 9 nitrogen and oxygen atoms in total. The number of carbonyl (C=O) groups excluding carboxylic acids is 1. The molecular weight excluding hydrogens is 456 g/mol. The van der Waals surface area contributed by atoms with Crippen LogP contribution in [0.15, 0.2) is 58.2 Å². The zero-order chi connectivity index (χ0) is 24.5. The van der Waals surface area contributed by atoms with Gasteiger partial charge in [0.2, 0.25) is 10.0 Å². The summed E-state index contributed by atoms with van der Waals surface area (Å²) in [5.74, 6) is 0.0121. The van der Waals surface area contributed by atoms with Crippen LogP contribution in [0.5, 0.6) is 0 Å². The van der Waals surface area contributed by atoms with Gasteiger partial charge in [0.25, 0.3) is 11.5 Å². The number of rotatable bonds is 6. The summed E-state index contributed by atoms with van der Waals surface area (Å²) in [5.41, 5.74) is 0.526. The van der Waals surface area contributed by atoms with Crippen LogP contribution >= 0.6 is 0 Å². The van der Waals surface area contributed by atoms with Crippen LogP contribution < -0.4 is 5.56 Å². The highest BCUT2D eigenvalue weighted by atomic mass is 32.2. The summed E-state index contributed by atoms with van der Waals surface area (Å²) in [6.45, 7) is 6.44. The number of benzene rings is 2. The molecule has 0 spiro atoms.